The van der Waals surface area contributed by atoms with Crippen molar-refractivity contribution in [1.82, 2.24) is 20.3 Å². The summed E-state index contributed by atoms with van der Waals surface area (Å²) in [5.74, 6) is 1.20. The van der Waals surface area contributed by atoms with Gasteiger partial charge in [-0.15, -0.1) is 5.10 Å². The van der Waals surface area contributed by atoms with E-state index in [9.17, 15) is 4.79 Å². The van der Waals surface area contributed by atoms with E-state index in [0.717, 1.165) is 22.7 Å². The van der Waals surface area contributed by atoms with Gasteiger partial charge < -0.3 is 14.8 Å². The molecule has 1 heterocycles. The topological polar surface area (TPSA) is 78.3 Å². The Morgan fingerprint density at radius 1 is 1.04 bits per heavy atom. The average molecular weight is 380 g/mol. The number of benzene rings is 2. The van der Waals surface area contributed by atoms with Gasteiger partial charge in [-0.25, -0.2) is 0 Å². The second-order valence-corrected chi connectivity index (χ2v) is 6.01. The zero-order valence-electron chi connectivity index (χ0n) is 16.1. The summed E-state index contributed by atoms with van der Waals surface area (Å²) in [5, 5.41) is 11.3. The highest BCUT2D eigenvalue weighted by molar-refractivity contribution is 5.91. The van der Waals surface area contributed by atoms with Crippen molar-refractivity contribution >= 4 is 5.91 Å². The number of ether oxygens (including phenoxy) is 2. The van der Waals surface area contributed by atoms with Crippen LogP contribution >= 0.6 is 0 Å². The quantitative estimate of drug-likeness (QED) is 0.617. The molecule has 0 saturated carbocycles. The third-order valence-electron chi connectivity index (χ3n) is 4.02. The van der Waals surface area contributed by atoms with Gasteiger partial charge >= 0.3 is 0 Å². The molecule has 0 radical (unpaired) electrons. The Morgan fingerprint density at radius 3 is 2.54 bits per heavy atom. The summed E-state index contributed by atoms with van der Waals surface area (Å²) in [6.07, 6.45) is 2.14. The maximum Gasteiger partial charge on any atom is 0.273 e. The van der Waals surface area contributed by atoms with Crippen molar-refractivity contribution in [3.8, 4) is 17.2 Å². The number of amides is 1. The van der Waals surface area contributed by atoms with Gasteiger partial charge in [-0.05, 0) is 50.1 Å². The smallest absolute Gasteiger partial charge is 0.273 e. The first kappa shape index (κ1) is 19.4. The molecule has 0 bridgehead atoms. The lowest BCUT2D eigenvalue weighted by atomic mass is 10.1. The van der Waals surface area contributed by atoms with Crippen LogP contribution in [0, 0.1) is 0 Å². The van der Waals surface area contributed by atoms with Gasteiger partial charge in [0.15, 0.2) is 17.2 Å². The van der Waals surface area contributed by atoms with Crippen LogP contribution in [0.2, 0.25) is 0 Å². The largest absolute Gasteiger partial charge is 0.490 e. The second-order valence-electron chi connectivity index (χ2n) is 6.01. The van der Waals surface area contributed by atoms with Gasteiger partial charge in [-0.1, -0.05) is 24.3 Å². The fourth-order valence-corrected chi connectivity index (χ4v) is 2.71. The van der Waals surface area contributed by atoms with E-state index in [0.29, 0.717) is 26.2 Å². The van der Waals surface area contributed by atoms with Crippen LogP contribution < -0.4 is 14.8 Å². The van der Waals surface area contributed by atoms with Crippen LogP contribution in [0.1, 0.15) is 29.9 Å². The number of carbonyl (C=O) groups excluding carboxylic acids is 1. The highest BCUT2D eigenvalue weighted by Crippen LogP contribution is 2.28. The molecular formula is C21H24N4O3. The molecule has 0 unspecified atom stereocenters. The summed E-state index contributed by atoms with van der Waals surface area (Å²) >= 11 is 0. The van der Waals surface area contributed by atoms with Crippen LogP contribution in [-0.4, -0.2) is 40.7 Å². The zero-order valence-corrected chi connectivity index (χ0v) is 16.1. The van der Waals surface area contributed by atoms with Gasteiger partial charge in [0.05, 0.1) is 25.1 Å². The number of rotatable bonds is 9. The first-order chi connectivity index (χ1) is 13.7. The number of hydrogen-bond acceptors (Lipinski definition) is 5. The summed E-state index contributed by atoms with van der Waals surface area (Å²) in [4.78, 5) is 13.8. The molecule has 0 fully saturated rings. The molecule has 0 aliphatic carbocycles. The maximum absolute atomic E-state index is 12.3. The predicted octanol–water partition coefficient (Wildman–Crippen LogP) is 3.04. The molecule has 146 valence electrons. The highest BCUT2D eigenvalue weighted by Gasteiger charge is 2.11. The molecule has 1 N–H and O–H groups in total. The van der Waals surface area contributed by atoms with E-state index in [4.69, 9.17) is 9.47 Å². The Morgan fingerprint density at radius 2 is 1.79 bits per heavy atom. The van der Waals surface area contributed by atoms with Crippen molar-refractivity contribution in [2.75, 3.05) is 19.8 Å². The third kappa shape index (κ3) is 4.88. The molecule has 0 atom stereocenters. The maximum atomic E-state index is 12.3. The summed E-state index contributed by atoms with van der Waals surface area (Å²) in [6.45, 7) is 5.51. The summed E-state index contributed by atoms with van der Waals surface area (Å²) in [6, 6.07) is 15.3. The van der Waals surface area contributed by atoms with Crippen LogP contribution in [0.15, 0.2) is 54.7 Å². The average Bonchev–Trinajstić information content (AvgIpc) is 3.21. The van der Waals surface area contributed by atoms with Crippen LogP contribution in [0.3, 0.4) is 0 Å². The minimum absolute atomic E-state index is 0.252. The summed E-state index contributed by atoms with van der Waals surface area (Å²) in [7, 11) is 0. The Balaban J connectivity index is 1.57. The normalized spacial score (nSPS) is 10.5. The summed E-state index contributed by atoms with van der Waals surface area (Å²) < 4.78 is 11.2. The summed E-state index contributed by atoms with van der Waals surface area (Å²) in [5.41, 5.74) is 2.14. The van der Waals surface area contributed by atoms with Crippen molar-refractivity contribution in [2.24, 2.45) is 0 Å². The first-order valence-electron chi connectivity index (χ1n) is 9.35. The number of hydrogen-bond donors (Lipinski definition) is 1. The van der Waals surface area contributed by atoms with E-state index in [-0.39, 0.29) is 11.6 Å². The molecule has 7 heteroatoms. The van der Waals surface area contributed by atoms with Crippen molar-refractivity contribution in [3.05, 3.63) is 66.0 Å². The lowest BCUT2D eigenvalue weighted by Crippen LogP contribution is -2.26. The van der Waals surface area contributed by atoms with Crippen molar-refractivity contribution < 1.29 is 14.3 Å². The predicted molar refractivity (Wildman–Crippen MR) is 106 cm³/mol. The van der Waals surface area contributed by atoms with E-state index in [1.165, 1.54) is 11.0 Å². The van der Waals surface area contributed by atoms with E-state index >= 15 is 0 Å². The Labute approximate surface area is 164 Å². The number of carbonyl (C=O) groups is 1. The minimum Gasteiger partial charge on any atom is -0.490 e. The Kier molecular flexibility index (Phi) is 6.62. The fraction of sp³-hybridized carbons (Fsp3) is 0.286. The van der Waals surface area contributed by atoms with E-state index in [1.54, 1.807) is 0 Å². The van der Waals surface area contributed by atoms with Gasteiger partial charge in [0.1, 0.15) is 0 Å². The van der Waals surface area contributed by atoms with Crippen LogP contribution in [0.4, 0.5) is 0 Å². The third-order valence-corrected chi connectivity index (χ3v) is 4.02. The van der Waals surface area contributed by atoms with Crippen molar-refractivity contribution in [1.29, 1.82) is 0 Å². The number of para-hydroxylation sites is 1. The van der Waals surface area contributed by atoms with Crippen LogP contribution in [0.25, 0.3) is 5.69 Å². The standard InChI is InChI=1S/C21H24N4O3/c1-3-27-19-11-10-16(14-20(19)28-4-2)12-13-22-21(26)18-15-23-25(24-18)17-8-6-5-7-9-17/h5-11,14-15H,3-4,12-13H2,1-2H3,(H,22,26). The first-order valence-corrected chi connectivity index (χ1v) is 9.35. The minimum atomic E-state index is -0.252. The molecule has 0 saturated heterocycles. The van der Waals surface area contributed by atoms with Gasteiger partial charge in [0.25, 0.3) is 5.91 Å². The van der Waals surface area contributed by atoms with E-state index in [1.807, 2.05) is 62.4 Å². The Bertz CT molecular complexity index is 909. The molecular weight excluding hydrogens is 356 g/mol. The number of nitrogens with zero attached hydrogens (tertiary/aromatic N) is 3. The molecule has 0 aliphatic rings. The van der Waals surface area contributed by atoms with Crippen molar-refractivity contribution in [3.63, 3.8) is 0 Å². The van der Waals surface area contributed by atoms with E-state index in [2.05, 4.69) is 15.5 Å². The molecule has 1 aromatic heterocycles. The molecule has 7 nitrogen and oxygen atoms in total. The van der Waals surface area contributed by atoms with E-state index < -0.39 is 0 Å². The second kappa shape index (κ2) is 9.55. The molecule has 3 aromatic rings. The van der Waals surface area contributed by atoms with Gasteiger partial charge in [0, 0.05) is 6.54 Å². The van der Waals surface area contributed by atoms with Gasteiger partial charge in [0.2, 0.25) is 0 Å². The van der Waals surface area contributed by atoms with Crippen LogP contribution in [0.5, 0.6) is 11.5 Å². The highest BCUT2D eigenvalue weighted by atomic mass is 16.5. The van der Waals surface area contributed by atoms with Gasteiger partial charge in [-0.3, -0.25) is 4.79 Å². The Hall–Kier alpha value is -3.35. The SMILES string of the molecule is CCOc1ccc(CCNC(=O)c2cnn(-c3ccccc3)n2)cc1OCC. The van der Waals surface area contributed by atoms with Gasteiger partial charge in [-0.2, -0.15) is 9.90 Å². The zero-order chi connectivity index (χ0) is 19.8. The van der Waals surface area contributed by atoms with Crippen molar-refractivity contribution in [2.45, 2.75) is 20.3 Å². The monoisotopic (exact) mass is 380 g/mol. The fourth-order valence-electron chi connectivity index (χ4n) is 2.71. The molecule has 3 rings (SSSR count). The molecule has 2 aromatic carbocycles. The lowest BCUT2D eigenvalue weighted by molar-refractivity contribution is 0.0948. The molecule has 0 aliphatic heterocycles. The molecule has 0 spiro atoms. The van der Waals surface area contributed by atoms with Crippen LogP contribution in [-0.2, 0) is 6.42 Å². The number of aromatic nitrogens is 3. The molecule has 1 amide bonds. The number of nitrogens with one attached hydrogen (secondary N) is 1. The molecule has 28 heavy (non-hydrogen) atoms. The lowest BCUT2D eigenvalue weighted by Gasteiger charge is -2.12.